The first kappa shape index (κ1) is 10.7. The van der Waals surface area contributed by atoms with Gasteiger partial charge < -0.3 is 15.4 Å². The van der Waals surface area contributed by atoms with Crippen LogP contribution in [0.5, 0.6) is 0 Å². The number of ether oxygens (including phenoxy) is 1. The van der Waals surface area contributed by atoms with Gasteiger partial charge in [0.25, 0.3) is 0 Å². The van der Waals surface area contributed by atoms with Crippen LogP contribution in [0.2, 0.25) is 0 Å². The number of nitrogens with zero attached hydrogens (tertiary/aromatic N) is 1. The number of halogens is 1. The predicted octanol–water partition coefficient (Wildman–Crippen LogP) is 1.40. The van der Waals surface area contributed by atoms with Crippen LogP contribution in [0.3, 0.4) is 0 Å². The minimum atomic E-state index is -0.413. The number of amides is 1. The Bertz CT molecular complexity index is 409. The number of rotatable bonds is 3. The first-order valence-corrected chi connectivity index (χ1v) is 5.12. The van der Waals surface area contributed by atoms with Crippen LogP contribution < -0.4 is 5.73 Å². The van der Waals surface area contributed by atoms with E-state index in [2.05, 4.69) is 0 Å². The van der Waals surface area contributed by atoms with Crippen LogP contribution in [0.25, 0.3) is 0 Å². The van der Waals surface area contributed by atoms with Crippen LogP contribution in [0.4, 0.5) is 14.9 Å². The van der Waals surface area contributed by atoms with Crippen molar-refractivity contribution in [2.75, 3.05) is 25.4 Å². The lowest BCUT2D eigenvalue weighted by Gasteiger charge is -2.12. The van der Waals surface area contributed by atoms with E-state index in [-0.39, 0.29) is 11.8 Å². The lowest BCUT2D eigenvalue weighted by Crippen LogP contribution is -2.26. The number of carbonyl (C=O) groups is 1. The molecule has 0 bridgehead atoms. The standard InChI is InChI=1S/C11H13FN2O2/c12-9-2-1-8(7-10(9)13)3-4-14-5-6-16-11(14)15/h1-2,7H,3-6,13H2. The Morgan fingerprint density at radius 2 is 2.31 bits per heavy atom. The molecule has 16 heavy (non-hydrogen) atoms. The molecule has 1 heterocycles. The fraction of sp³-hybridized carbons (Fsp3) is 0.364. The maximum Gasteiger partial charge on any atom is 0.409 e. The van der Waals surface area contributed by atoms with Crippen LogP contribution in [0, 0.1) is 5.82 Å². The van der Waals surface area contributed by atoms with Crippen molar-refractivity contribution < 1.29 is 13.9 Å². The summed E-state index contributed by atoms with van der Waals surface area (Å²) in [5.41, 5.74) is 6.51. The van der Waals surface area contributed by atoms with Crippen molar-refractivity contribution in [3.63, 3.8) is 0 Å². The Morgan fingerprint density at radius 3 is 2.94 bits per heavy atom. The summed E-state index contributed by atoms with van der Waals surface area (Å²) in [6.07, 6.45) is 0.370. The molecular formula is C11H13FN2O2. The average molecular weight is 224 g/mol. The molecule has 0 unspecified atom stereocenters. The molecule has 1 aromatic rings. The fourth-order valence-corrected chi connectivity index (χ4v) is 1.64. The lowest BCUT2D eigenvalue weighted by molar-refractivity contribution is 0.159. The monoisotopic (exact) mass is 224 g/mol. The van der Waals surface area contributed by atoms with Crippen LogP contribution in [-0.2, 0) is 11.2 Å². The third-order valence-electron chi connectivity index (χ3n) is 2.58. The van der Waals surface area contributed by atoms with Gasteiger partial charge in [0, 0.05) is 6.54 Å². The topological polar surface area (TPSA) is 55.6 Å². The molecule has 1 saturated heterocycles. The first-order valence-electron chi connectivity index (χ1n) is 5.12. The van der Waals surface area contributed by atoms with Crippen LogP contribution in [-0.4, -0.2) is 30.7 Å². The van der Waals surface area contributed by atoms with Crippen molar-refractivity contribution >= 4 is 11.8 Å². The van der Waals surface area contributed by atoms with E-state index in [1.807, 2.05) is 0 Å². The van der Waals surface area contributed by atoms with Gasteiger partial charge in [-0.15, -0.1) is 0 Å². The van der Waals surface area contributed by atoms with Crippen molar-refractivity contribution in [3.05, 3.63) is 29.6 Å². The minimum Gasteiger partial charge on any atom is -0.448 e. The molecule has 0 radical (unpaired) electrons. The molecule has 1 aliphatic heterocycles. The van der Waals surface area contributed by atoms with E-state index < -0.39 is 5.82 Å². The molecule has 5 heteroatoms. The first-order chi connectivity index (χ1) is 7.66. The summed E-state index contributed by atoms with van der Waals surface area (Å²) in [7, 11) is 0. The number of cyclic esters (lactones) is 1. The average Bonchev–Trinajstić information content (AvgIpc) is 2.66. The second-order valence-corrected chi connectivity index (χ2v) is 3.71. The Balaban J connectivity index is 1.94. The highest BCUT2D eigenvalue weighted by Gasteiger charge is 2.20. The Hall–Kier alpha value is -1.78. The molecule has 2 N–H and O–H groups in total. The largest absolute Gasteiger partial charge is 0.448 e. The lowest BCUT2D eigenvalue weighted by atomic mass is 10.1. The molecule has 1 fully saturated rings. The fourth-order valence-electron chi connectivity index (χ4n) is 1.64. The second-order valence-electron chi connectivity index (χ2n) is 3.71. The number of hydrogen-bond donors (Lipinski definition) is 1. The molecule has 4 nitrogen and oxygen atoms in total. The minimum absolute atomic E-state index is 0.140. The number of nitrogen functional groups attached to an aromatic ring is 1. The predicted molar refractivity (Wildman–Crippen MR) is 57.4 cm³/mol. The molecule has 0 atom stereocenters. The van der Waals surface area contributed by atoms with Crippen molar-refractivity contribution in [3.8, 4) is 0 Å². The van der Waals surface area contributed by atoms with Crippen LogP contribution >= 0.6 is 0 Å². The van der Waals surface area contributed by atoms with Gasteiger partial charge in [0.15, 0.2) is 0 Å². The van der Waals surface area contributed by atoms with E-state index in [9.17, 15) is 9.18 Å². The Morgan fingerprint density at radius 1 is 1.50 bits per heavy atom. The zero-order valence-corrected chi connectivity index (χ0v) is 8.78. The number of carbonyl (C=O) groups excluding carboxylic acids is 1. The zero-order valence-electron chi connectivity index (χ0n) is 8.78. The summed E-state index contributed by atoms with van der Waals surface area (Å²) in [6, 6.07) is 4.61. The van der Waals surface area contributed by atoms with Gasteiger partial charge >= 0.3 is 6.09 Å². The molecule has 1 amide bonds. The third-order valence-corrected chi connectivity index (χ3v) is 2.58. The number of nitrogens with two attached hydrogens (primary N) is 1. The van der Waals surface area contributed by atoms with Gasteiger partial charge in [-0.05, 0) is 24.1 Å². The quantitative estimate of drug-likeness (QED) is 0.789. The highest BCUT2D eigenvalue weighted by Crippen LogP contribution is 2.13. The molecule has 0 spiro atoms. The van der Waals surface area contributed by atoms with Gasteiger partial charge in [0.1, 0.15) is 12.4 Å². The molecule has 1 aromatic carbocycles. The van der Waals surface area contributed by atoms with Gasteiger partial charge in [-0.2, -0.15) is 0 Å². The van der Waals surface area contributed by atoms with Gasteiger partial charge in [-0.25, -0.2) is 9.18 Å². The van der Waals surface area contributed by atoms with E-state index >= 15 is 0 Å². The highest BCUT2D eigenvalue weighted by atomic mass is 19.1. The van der Waals surface area contributed by atoms with E-state index in [0.717, 1.165) is 5.56 Å². The summed E-state index contributed by atoms with van der Waals surface area (Å²) in [5.74, 6) is -0.413. The SMILES string of the molecule is Nc1cc(CCN2CCOC2=O)ccc1F. The van der Waals surface area contributed by atoms with Crippen LogP contribution in [0.15, 0.2) is 18.2 Å². The summed E-state index contributed by atoms with van der Waals surface area (Å²) in [6.45, 7) is 1.64. The molecule has 0 aromatic heterocycles. The van der Waals surface area contributed by atoms with E-state index in [1.54, 1.807) is 17.0 Å². The smallest absolute Gasteiger partial charge is 0.409 e. The van der Waals surface area contributed by atoms with Crippen LogP contribution in [0.1, 0.15) is 5.56 Å². The molecular weight excluding hydrogens is 211 g/mol. The molecule has 86 valence electrons. The van der Waals surface area contributed by atoms with Gasteiger partial charge in [0.05, 0.1) is 12.2 Å². The van der Waals surface area contributed by atoms with Crippen molar-refractivity contribution in [1.82, 2.24) is 4.90 Å². The van der Waals surface area contributed by atoms with E-state index in [0.29, 0.717) is 26.1 Å². The molecule has 1 aliphatic rings. The number of benzene rings is 1. The third kappa shape index (κ3) is 2.24. The van der Waals surface area contributed by atoms with E-state index in [1.165, 1.54) is 6.07 Å². The van der Waals surface area contributed by atoms with Gasteiger partial charge in [-0.3, -0.25) is 0 Å². The summed E-state index contributed by atoms with van der Waals surface area (Å²) >= 11 is 0. The van der Waals surface area contributed by atoms with Crippen molar-refractivity contribution in [2.45, 2.75) is 6.42 Å². The maximum atomic E-state index is 12.9. The Labute approximate surface area is 92.8 Å². The summed E-state index contributed by atoms with van der Waals surface area (Å²) in [5, 5.41) is 0. The summed E-state index contributed by atoms with van der Waals surface area (Å²) < 4.78 is 17.7. The second kappa shape index (κ2) is 4.38. The normalized spacial score (nSPS) is 15.3. The molecule has 0 aliphatic carbocycles. The van der Waals surface area contributed by atoms with E-state index in [4.69, 9.17) is 10.5 Å². The van der Waals surface area contributed by atoms with Gasteiger partial charge in [-0.1, -0.05) is 6.07 Å². The highest BCUT2D eigenvalue weighted by molar-refractivity contribution is 5.69. The van der Waals surface area contributed by atoms with Gasteiger partial charge in [0.2, 0.25) is 0 Å². The molecule has 2 rings (SSSR count). The van der Waals surface area contributed by atoms with Crippen molar-refractivity contribution in [1.29, 1.82) is 0 Å². The molecule has 0 saturated carbocycles. The Kier molecular flexibility index (Phi) is 2.94. The zero-order chi connectivity index (χ0) is 11.5. The van der Waals surface area contributed by atoms with Crippen molar-refractivity contribution in [2.24, 2.45) is 0 Å². The maximum absolute atomic E-state index is 12.9. The number of hydrogen-bond acceptors (Lipinski definition) is 3. The number of anilines is 1. The summed E-state index contributed by atoms with van der Waals surface area (Å²) in [4.78, 5) is 12.8.